The predicted octanol–water partition coefficient (Wildman–Crippen LogP) is 10.0. The minimum absolute atomic E-state index is 0.842. The molecule has 0 atom stereocenters. The molecule has 0 saturated heterocycles. The Balaban J connectivity index is 6.68. The fourth-order valence-corrected chi connectivity index (χ4v) is 22.9. The van der Waals surface area contributed by atoms with E-state index in [0.29, 0.717) is 0 Å². The summed E-state index contributed by atoms with van der Waals surface area (Å²) in [5.74, 6) is 0. The van der Waals surface area contributed by atoms with E-state index in [1.165, 1.54) is 0 Å². The molecule has 0 fully saturated rings. The Morgan fingerprint density at radius 1 is 0.429 bits per heavy atom. The number of unbranched alkanes of at least 4 members (excludes halogenated alkanes) is 6. The summed E-state index contributed by atoms with van der Waals surface area (Å²) in [6.45, 7) is 11.7. The summed E-state index contributed by atoms with van der Waals surface area (Å²) < 4.78 is 41.8. The molecular formula is C28H64O4P2S. The Morgan fingerprint density at radius 3 is 0.771 bits per heavy atom. The molecule has 0 saturated carbocycles. The maximum atomic E-state index is 14.2. The molecule has 0 aliphatic heterocycles. The third-order valence-electron chi connectivity index (χ3n) is 8.67. The van der Waals surface area contributed by atoms with Crippen LogP contribution in [-0.4, -0.2) is 57.7 Å². The van der Waals surface area contributed by atoms with Gasteiger partial charge in [0.25, 0.3) is 0 Å². The third kappa shape index (κ3) is 10.8. The first-order chi connectivity index (χ1) is 16.5. The second-order valence-electron chi connectivity index (χ2n) is 11.4. The maximum absolute atomic E-state index is 14.2. The van der Waals surface area contributed by atoms with Crippen molar-refractivity contribution >= 4 is 24.1 Å². The van der Waals surface area contributed by atoms with E-state index in [4.69, 9.17) is 7.94 Å². The average Bonchev–Trinajstić information content (AvgIpc) is 2.86. The Bertz CT molecular complexity index is 567. The van der Waals surface area contributed by atoms with E-state index in [-0.39, 0.29) is 0 Å². The van der Waals surface area contributed by atoms with Crippen LogP contribution in [0.4, 0.5) is 0 Å². The molecule has 0 aromatic heterocycles. The zero-order valence-electron chi connectivity index (χ0n) is 25.1. The van der Waals surface area contributed by atoms with Crippen molar-refractivity contribution in [3.63, 3.8) is 0 Å². The van der Waals surface area contributed by atoms with Crippen LogP contribution in [0.3, 0.4) is 0 Å². The first-order valence-corrected chi connectivity index (χ1v) is 22.3. The summed E-state index contributed by atoms with van der Waals surface area (Å²) in [5, 5.41) is 0. The number of hydrogen-bond acceptors (Lipinski definition) is 4. The fourth-order valence-electron chi connectivity index (χ4n) is 5.83. The van der Waals surface area contributed by atoms with Gasteiger partial charge in [0.2, 0.25) is 0 Å². The van der Waals surface area contributed by atoms with Gasteiger partial charge in [-0.15, -0.1) is 0 Å². The summed E-state index contributed by atoms with van der Waals surface area (Å²) >= 11 is 0. The molecule has 0 aliphatic carbocycles. The second-order valence-corrected chi connectivity index (χ2v) is 24.8. The second kappa shape index (κ2) is 16.6. The van der Waals surface area contributed by atoms with Crippen molar-refractivity contribution < 1.29 is 16.4 Å². The van der Waals surface area contributed by atoms with Crippen molar-refractivity contribution in [2.45, 2.75) is 132 Å². The minimum atomic E-state index is -4.10. The van der Waals surface area contributed by atoms with Gasteiger partial charge in [-0.2, -0.15) is 0 Å². The summed E-state index contributed by atoms with van der Waals surface area (Å²) in [6, 6.07) is 0. The van der Waals surface area contributed by atoms with E-state index in [1.54, 1.807) is 0 Å². The van der Waals surface area contributed by atoms with Gasteiger partial charge in [0.05, 0.1) is 0 Å². The van der Waals surface area contributed by atoms with Crippen molar-refractivity contribution in [1.82, 2.24) is 0 Å². The van der Waals surface area contributed by atoms with Gasteiger partial charge in [0.15, 0.2) is 0 Å². The standard InChI is InChI=1S/C28H64O4P2S/c1-9-17-23-33(15-7,24-18-10-2,25-19-11-3)31-35(29,30)32-34(16-8,26-20-12-4,27-21-13-5)28-22-14-6/h9-28H2,1-8H3. The van der Waals surface area contributed by atoms with Crippen molar-refractivity contribution in [3.05, 3.63) is 0 Å². The van der Waals surface area contributed by atoms with E-state index in [1.807, 2.05) is 0 Å². The average molecular weight is 559 g/mol. The topological polar surface area (TPSA) is 52.6 Å². The molecule has 0 amide bonds. The van der Waals surface area contributed by atoms with Gasteiger partial charge in [0.1, 0.15) is 0 Å². The SMILES string of the molecule is CCCCP(CC)(CCCC)(CCCC)OS(=O)(=O)OP(CC)(CCCC)(CCCC)CCCC. The molecule has 4 nitrogen and oxygen atoms in total. The van der Waals surface area contributed by atoms with Gasteiger partial charge in [-0.05, 0) is 0 Å². The van der Waals surface area contributed by atoms with Gasteiger partial charge in [-0.25, -0.2) is 0 Å². The molecule has 7 heteroatoms. The summed E-state index contributed by atoms with van der Waals surface area (Å²) in [4.78, 5) is 0. The van der Waals surface area contributed by atoms with Crippen LogP contribution in [0.5, 0.6) is 0 Å². The molecule has 0 heterocycles. The predicted molar refractivity (Wildman–Crippen MR) is 165 cm³/mol. The third-order valence-corrected chi connectivity index (χ3v) is 25.4. The monoisotopic (exact) mass is 558 g/mol. The molecule has 0 radical (unpaired) electrons. The van der Waals surface area contributed by atoms with Crippen molar-refractivity contribution in [2.75, 3.05) is 49.3 Å². The first-order valence-electron chi connectivity index (χ1n) is 15.2. The molecule has 35 heavy (non-hydrogen) atoms. The summed E-state index contributed by atoms with van der Waals surface area (Å²) in [7, 11) is -4.10. The van der Waals surface area contributed by atoms with Gasteiger partial charge >= 0.3 is 222 Å². The van der Waals surface area contributed by atoms with Crippen molar-refractivity contribution in [2.24, 2.45) is 0 Å². The van der Waals surface area contributed by atoms with Crippen LogP contribution in [0, 0.1) is 0 Å². The van der Waals surface area contributed by atoms with E-state index in [0.717, 1.165) is 126 Å². The zero-order chi connectivity index (χ0) is 27.0. The Hall–Kier alpha value is 0.730. The van der Waals surface area contributed by atoms with Crippen LogP contribution < -0.4 is 0 Å². The Kier molecular flexibility index (Phi) is 17.0. The van der Waals surface area contributed by atoms with Crippen LogP contribution in [0.1, 0.15) is 132 Å². The molecule has 0 spiro atoms. The fraction of sp³-hybridized carbons (Fsp3) is 1.00. The van der Waals surface area contributed by atoms with Gasteiger partial charge < -0.3 is 0 Å². The number of rotatable bonds is 24. The van der Waals surface area contributed by atoms with Gasteiger partial charge in [-0.3, -0.25) is 0 Å². The quantitative estimate of drug-likeness (QED) is 0.111. The molecule has 216 valence electrons. The normalized spacial score (nSPS) is 15.4. The first kappa shape index (κ1) is 35.7. The molecule has 0 rings (SSSR count). The summed E-state index contributed by atoms with van der Waals surface area (Å²) in [6.07, 6.45) is 19.8. The summed E-state index contributed by atoms with van der Waals surface area (Å²) in [5.41, 5.74) is 0. The number of hydrogen-bond donors (Lipinski definition) is 0. The van der Waals surface area contributed by atoms with Crippen LogP contribution in [0.15, 0.2) is 0 Å². The van der Waals surface area contributed by atoms with E-state index >= 15 is 0 Å². The van der Waals surface area contributed by atoms with E-state index < -0.39 is 24.1 Å². The molecule has 0 N–H and O–H groups in total. The molecular weight excluding hydrogens is 494 g/mol. The Morgan fingerprint density at radius 2 is 0.629 bits per heavy atom. The van der Waals surface area contributed by atoms with E-state index in [2.05, 4.69) is 55.4 Å². The Labute approximate surface area is 221 Å². The van der Waals surface area contributed by atoms with Crippen LogP contribution in [0.2, 0.25) is 0 Å². The molecule has 0 bridgehead atoms. The molecule has 0 aliphatic rings. The van der Waals surface area contributed by atoms with Crippen LogP contribution in [0.25, 0.3) is 0 Å². The van der Waals surface area contributed by atoms with Gasteiger partial charge in [0, 0.05) is 0 Å². The van der Waals surface area contributed by atoms with Crippen molar-refractivity contribution in [1.29, 1.82) is 0 Å². The molecule has 0 unspecified atom stereocenters. The molecule has 0 aromatic carbocycles. The van der Waals surface area contributed by atoms with Crippen molar-refractivity contribution in [3.8, 4) is 0 Å². The van der Waals surface area contributed by atoms with Crippen LogP contribution in [-0.2, 0) is 18.3 Å². The van der Waals surface area contributed by atoms with E-state index in [9.17, 15) is 8.42 Å². The van der Waals surface area contributed by atoms with Gasteiger partial charge in [-0.1, -0.05) is 0 Å². The zero-order valence-corrected chi connectivity index (χ0v) is 27.7. The van der Waals surface area contributed by atoms with Crippen LogP contribution >= 0.6 is 13.7 Å². The molecule has 0 aromatic rings.